The summed E-state index contributed by atoms with van der Waals surface area (Å²) in [5, 5.41) is 17.6. The van der Waals surface area contributed by atoms with Crippen LogP contribution in [-0.2, 0) is 0 Å². The van der Waals surface area contributed by atoms with E-state index in [2.05, 4.69) is 15.8 Å². The second-order valence-electron chi connectivity index (χ2n) is 2.36. The molecule has 0 aliphatic heterocycles. The maximum Gasteiger partial charge on any atom is 0.187 e. The first kappa shape index (κ1) is 11.1. The first-order valence-corrected chi connectivity index (χ1v) is 5.33. The van der Waals surface area contributed by atoms with Gasteiger partial charge in [0.25, 0.3) is 0 Å². The molecule has 0 aliphatic carbocycles. The van der Waals surface area contributed by atoms with E-state index in [1.54, 1.807) is 17.6 Å². The van der Waals surface area contributed by atoms with Crippen molar-refractivity contribution in [3.8, 4) is 0 Å². The largest absolute Gasteiger partial charge is 0.395 e. The molecule has 0 fully saturated rings. The summed E-state index contributed by atoms with van der Waals surface area (Å²) < 4.78 is 0. The van der Waals surface area contributed by atoms with Crippen molar-refractivity contribution in [3.05, 3.63) is 22.4 Å². The summed E-state index contributed by atoms with van der Waals surface area (Å²) >= 11 is 6.47. The smallest absolute Gasteiger partial charge is 0.187 e. The number of thiophene rings is 1. The number of nitrogens with zero attached hydrogens (tertiary/aromatic N) is 1. The molecular formula is C8H11N3OS2. The van der Waals surface area contributed by atoms with Crippen LogP contribution in [0.15, 0.2) is 22.6 Å². The predicted octanol–water partition coefficient (Wildman–Crippen LogP) is 0.538. The van der Waals surface area contributed by atoms with Gasteiger partial charge in [0, 0.05) is 11.4 Å². The topological polar surface area (TPSA) is 56.6 Å². The van der Waals surface area contributed by atoms with Crippen molar-refractivity contribution >= 4 is 34.9 Å². The van der Waals surface area contributed by atoms with E-state index in [4.69, 9.17) is 17.3 Å². The summed E-state index contributed by atoms with van der Waals surface area (Å²) in [4.78, 5) is 1.06. The minimum Gasteiger partial charge on any atom is -0.395 e. The maximum atomic E-state index is 8.50. The lowest BCUT2D eigenvalue weighted by Crippen LogP contribution is -2.33. The van der Waals surface area contributed by atoms with Gasteiger partial charge in [-0.05, 0) is 23.7 Å². The second-order valence-corrected chi connectivity index (χ2v) is 3.75. The van der Waals surface area contributed by atoms with E-state index < -0.39 is 0 Å². The van der Waals surface area contributed by atoms with Crippen LogP contribution in [-0.4, -0.2) is 29.6 Å². The minimum atomic E-state index is 0.0520. The molecule has 0 unspecified atom stereocenters. The third-order valence-electron chi connectivity index (χ3n) is 1.30. The molecule has 1 aromatic heterocycles. The number of hydrogen-bond acceptors (Lipinski definition) is 4. The van der Waals surface area contributed by atoms with Crippen molar-refractivity contribution in [1.29, 1.82) is 0 Å². The quantitative estimate of drug-likeness (QED) is 0.401. The molecule has 14 heavy (non-hydrogen) atoms. The fourth-order valence-electron chi connectivity index (χ4n) is 0.728. The Morgan fingerprint density at radius 2 is 2.57 bits per heavy atom. The maximum absolute atomic E-state index is 8.50. The molecule has 0 bridgehead atoms. The van der Waals surface area contributed by atoms with E-state index in [1.165, 1.54) is 0 Å². The molecule has 6 heteroatoms. The summed E-state index contributed by atoms with van der Waals surface area (Å²) in [6, 6.07) is 3.91. The Kier molecular flexibility index (Phi) is 5.13. The minimum absolute atomic E-state index is 0.0520. The third kappa shape index (κ3) is 4.31. The molecule has 0 aliphatic rings. The molecule has 3 N–H and O–H groups in total. The molecule has 1 rings (SSSR count). The van der Waals surface area contributed by atoms with E-state index >= 15 is 0 Å². The van der Waals surface area contributed by atoms with Crippen LogP contribution in [0.4, 0.5) is 0 Å². The average Bonchev–Trinajstić information content (AvgIpc) is 2.67. The Hall–Kier alpha value is -0.980. The zero-order valence-corrected chi connectivity index (χ0v) is 9.07. The number of rotatable bonds is 4. The van der Waals surface area contributed by atoms with Crippen LogP contribution in [0.2, 0.25) is 0 Å². The van der Waals surface area contributed by atoms with Gasteiger partial charge in [-0.15, -0.1) is 11.3 Å². The van der Waals surface area contributed by atoms with Gasteiger partial charge in [-0.2, -0.15) is 5.10 Å². The van der Waals surface area contributed by atoms with Crippen LogP contribution in [0.1, 0.15) is 4.88 Å². The number of aliphatic hydroxyl groups excluding tert-OH is 1. The van der Waals surface area contributed by atoms with Crippen LogP contribution in [0.25, 0.3) is 0 Å². The molecule has 0 amide bonds. The van der Waals surface area contributed by atoms with Crippen molar-refractivity contribution in [2.24, 2.45) is 5.10 Å². The Morgan fingerprint density at radius 1 is 1.71 bits per heavy atom. The highest BCUT2D eigenvalue weighted by atomic mass is 32.1. The van der Waals surface area contributed by atoms with Gasteiger partial charge in [-0.1, -0.05) is 6.07 Å². The number of hydrazone groups is 1. The third-order valence-corrected chi connectivity index (χ3v) is 2.34. The van der Waals surface area contributed by atoms with Gasteiger partial charge < -0.3 is 10.4 Å². The fourth-order valence-corrected chi connectivity index (χ4v) is 1.47. The molecule has 76 valence electrons. The van der Waals surface area contributed by atoms with Crippen LogP contribution < -0.4 is 10.7 Å². The van der Waals surface area contributed by atoms with E-state index in [0.717, 1.165) is 4.88 Å². The zero-order valence-electron chi connectivity index (χ0n) is 7.43. The molecule has 0 saturated heterocycles. The monoisotopic (exact) mass is 229 g/mol. The summed E-state index contributed by atoms with van der Waals surface area (Å²) in [7, 11) is 0. The van der Waals surface area contributed by atoms with Crippen LogP contribution in [0.3, 0.4) is 0 Å². The molecule has 0 spiro atoms. The van der Waals surface area contributed by atoms with Crippen LogP contribution >= 0.6 is 23.6 Å². The van der Waals surface area contributed by atoms with Crippen molar-refractivity contribution < 1.29 is 5.11 Å². The van der Waals surface area contributed by atoms with Gasteiger partial charge >= 0.3 is 0 Å². The lowest BCUT2D eigenvalue weighted by molar-refractivity contribution is 0.300. The van der Waals surface area contributed by atoms with Gasteiger partial charge in [0.05, 0.1) is 12.8 Å². The number of nitrogens with one attached hydrogen (secondary N) is 2. The van der Waals surface area contributed by atoms with Crippen molar-refractivity contribution in [3.63, 3.8) is 0 Å². The van der Waals surface area contributed by atoms with Crippen molar-refractivity contribution in [1.82, 2.24) is 10.7 Å². The molecule has 0 atom stereocenters. The van der Waals surface area contributed by atoms with E-state index in [-0.39, 0.29) is 6.61 Å². The zero-order chi connectivity index (χ0) is 10.2. The van der Waals surface area contributed by atoms with Crippen molar-refractivity contribution in [2.45, 2.75) is 0 Å². The Labute approximate surface area is 91.6 Å². The highest BCUT2D eigenvalue weighted by Crippen LogP contribution is 2.03. The number of hydrogen-bond donors (Lipinski definition) is 3. The SMILES string of the molecule is OCCNC(=S)NN=Cc1cccs1. The molecule has 1 heterocycles. The van der Waals surface area contributed by atoms with Gasteiger partial charge in [0.15, 0.2) is 5.11 Å². The Balaban J connectivity index is 2.23. The average molecular weight is 229 g/mol. The molecule has 0 aromatic carbocycles. The summed E-state index contributed by atoms with van der Waals surface area (Å²) in [5.74, 6) is 0. The Morgan fingerprint density at radius 3 is 3.21 bits per heavy atom. The Bertz CT molecular complexity index is 298. The summed E-state index contributed by atoms with van der Waals surface area (Å²) in [6.07, 6.45) is 1.69. The first-order valence-electron chi connectivity index (χ1n) is 4.04. The lowest BCUT2D eigenvalue weighted by atomic mass is 10.5. The van der Waals surface area contributed by atoms with E-state index in [0.29, 0.717) is 11.7 Å². The molecule has 1 aromatic rings. The second kappa shape index (κ2) is 6.47. The van der Waals surface area contributed by atoms with E-state index in [1.807, 2.05) is 17.5 Å². The lowest BCUT2D eigenvalue weighted by Gasteiger charge is -2.03. The van der Waals surface area contributed by atoms with E-state index in [9.17, 15) is 0 Å². The van der Waals surface area contributed by atoms with Gasteiger partial charge in [0.1, 0.15) is 0 Å². The standard InChI is InChI=1S/C8H11N3OS2/c12-4-3-9-8(13)11-10-6-7-2-1-5-14-7/h1-2,5-6,12H,3-4H2,(H2,9,11,13). The fraction of sp³-hybridized carbons (Fsp3) is 0.250. The molecule has 0 radical (unpaired) electrons. The van der Waals surface area contributed by atoms with Gasteiger partial charge in [-0.3, -0.25) is 5.43 Å². The number of aliphatic hydroxyl groups is 1. The first-order chi connectivity index (χ1) is 6.83. The summed E-state index contributed by atoms with van der Waals surface area (Å²) in [6.45, 7) is 0.483. The number of thiocarbonyl (C=S) groups is 1. The normalized spacial score (nSPS) is 10.4. The van der Waals surface area contributed by atoms with Crippen molar-refractivity contribution in [2.75, 3.05) is 13.2 Å². The summed E-state index contributed by atoms with van der Waals surface area (Å²) in [5.41, 5.74) is 2.64. The molecule has 0 saturated carbocycles. The van der Waals surface area contributed by atoms with Gasteiger partial charge in [-0.25, -0.2) is 0 Å². The van der Waals surface area contributed by atoms with Gasteiger partial charge in [0.2, 0.25) is 0 Å². The highest BCUT2D eigenvalue weighted by Gasteiger charge is 1.90. The van der Waals surface area contributed by atoms with Crippen LogP contribution in [0, 0.1) is 0 Å². The molecular weight excluding hydrogens is 218 g/mol. The highest BCUT2D eigenvalue weighted by molar-refractivity contribution is 7.80. The van der Waals surface area contributed by atoms with Crippen LogP contribution in [0.5, 0.6) is 0 Å². The molecule has 4 nitrogen and oxygen atoms in total. The predicted molar refractivity (Wildman–Crippen MR) is 62.7 cm³/mol.